The van der Waals surface area contributed by atoms with Crippen LogP contribution in [0.4, 0.5) is 8.78 Å². The first-order valence-corrected chi connectivity index (χ1v) is 5.04. The van der Waals surface area contributed by atoms with Crippen molar-refractivity contribution in [2.45, 2.75) is 25.7 Å². The van der Waals surface area contributed by atoms with E-state index in [2.05, 4.69) is 4.74 Å². The fourth-order valence-electron chi connectivity index (χ4n) is 2.15. The molecule has 1 aliphatic rings. The van der Waals surface area contributed by atoms with Gasteiger partial charge in [-0.05, 0) is 13.5 Å². The standard InChI is InChI=1S/C10H17F2NO2/c1-4-9(8(14)15-3)7-13(2)6-5-10(9,11)12/h4-7H2,1-3H3. The van der Waals surface area contributed by atoms with Gasteiger partial charge in [-0.25, -0.2) is 8.78 Å². The Bertz CT molecular complexity index is 258. The van der Waals surface area contributed by atoms with Gasteiger partial charge in [0.25, 0.3) is 5.92 Å². The van der Waals surface area contributed by atoms with E-state index in [0.717, 1.165) is 7.11 Å². The third kappa shape index (κ3) is 1.85. The fourth-order valence-corrected chi connectivity index (χ4v) is 2.15. The fraction of sp³-hybridized carbons (Fsp3) is 0.900. The number of esters is 1. The first-order chi connectivity index (χ1) is 6.89. The van der Waals surface area contributed by atoms with Crippen LogP contribution in [0.5, 0.6) is 0 Å². The zero-order chi connectivity index (χ0) is 11.7. The van der Waals surface area contributed by atoms with E-state index in [0.29, 0.717) is 6.54 Å². The van der Waals surface area contributed by atoms with Crippen LogP contribution < -0.4 is 0 Å². The molecule has 0 aliphatic carbocycles. The molecule has 0 bridgehead atoms. The molecule has 5 heteroatoms. The van der Waals surface area contributed by atoms with Crippen LogP contribution >= 0.6 is 0 Å². The summed E-state index contributed by atoms with van der Waals surface area (Å²) >= 11 is 0. The van der Waals surface area contributed by atoms with Gasteiger partial charge in [0.2, 0.25) is 0 Å². The average Bonchev–Trinajstić information content (AvgIpc) is 2.20. The average molecular weight is 221 g/mol. The SMILES string of the molecule is CCC1(C(=O)OC)CN(C)CCC1(F)F. The number of likely N-dealkylation sites (tertiary alicyclic amines) is 1. The van der Waals surface area contributed by atoms with E-state index in [1.165, 1.54) is 0 Å². The Morgan fingerprint density at radius 3 is 2.60 bits per heavy atom. The molecular formula is C10H17F2NO2. The van der Waals surface area contributed by atoms with Gasteiger partial charge in [0.15, 0.2) is 0 Å². The molecule has 0 N–H and O–H groups in total. The molecule has 1 unspecified atom stereocenters. The van der Waals surface area contributed by atoms with Crippen molar-refractivity contribution in [1.29, 1.82) is 0 Å². The van der Waals surface area contributed by atoms with Crippen molar-refractivity contribution in [1.82, 2.24) is 4.90 Å². The Morgan fingerprint density at radius 2 is 2.13 bits per heavy atom. The maximum atomic E-state index is 13.8. The summed E-state index contributed by atoms with van der Waals surface area (Å²) in [5.74, 6) is -3.78. The van der Waals surface area contributed by atoms with Crippen molar-refractivity contribution in [2.24, 2.45) is 5.41 Å². The van der Waals surface area contributed by atoms with E-state index in [4.69, 9.17) is 0 Å². The molecule has 0 aromatic heterocycles. The third-order valence-corrected chi connectivity index (χ3v) is 3.23. The Hall–Kier alpha value is -0.710. The Morgan fingerprint density at radius 1 is 1.53 bits per heavy atom. The molecule has 15 heavy (non-hydrogen) atoms. The topological polar surface area (TPSA) is 29.5 Å². The molecule has 1 rings (SSSR count). The van der Waals surface area contributed by atoms with Gasteiger partial charge in [-0.15, -0.1) is 0 Å². The van der Waals surface area contributed by atoms with Crippen molar-refractivity contribution in [3.8, 4) is 0 Å². The summed E-state index contributed by atoms with van der Waals surface area (Å²) in [5, 5.41) is 0. The number of nitrogens with zero attached hydrogens (tertiary/aromatic N) is 1. The van der Waals surface area contributed by atoms with Gasteiger partial charge in [-0.1, -0.05) is 6.92 Å². The highest BCUT2D eigenvalue weighted by atomic mass is 19.3. The van der Waals surface area contributed by atoms with Crippen LogP contribution in [0.2, 0.25) is 0 Å². The van der Waals surface area contributed by atoms with E-state index >= 15 is 0 Å². The van der Waals surface area contributed by atoms with E-state index in [1.54, 1.807) is 18.9 Å². The third-order valence-electron chi connectivity index (χ3n) is 3.23. The number of carbonyl (C=O) groups excluding carboxylic acids is 1. The number of alkyl halides is 2. The number of hydrogen-bond donors (Lipinski definition) is 0. The summed E-state index contributed by atoms with van der Waals surface area (Å²) in [6.45, 7) is 1.97. The van der Waals surface area contributed by atoms with Gasteiger partial charge < -0.3 is 9.64 Å². The number of halogens is 2. The quantitative estimate of drug-likeness (QED) is 0.662. The maximum Gasteiger partial charge on any atom is 0.319 e. The highest BCUT2D eigenvalue weighted by Crippen LogP contribution is 2.46. The minimum Gasteiger partial charge on any atom is -0.468 e. The summed E-state index contributed by atoms with van der Waals surface area (Å²) in [6, 6.07) is 0. The van der Waals surface area contributed by atoms with Crippen LogP contribution in [-0.4, -0.2) is 44.0 Å². The Kier molecular flexibility index (Phi) is 3.33. The largest absolute Gasteiger partial charge is 0.468 e. The number of piperidine rings is 1. The number of hydrogen-bond acceptors (Lipinski definition) is 3. The van der Waals surface area contributed by atoms with Crippen molar-refractivity contribution in [3.05, 3.63) is 0 Å². The molecular weight excluding hydrogens is 204 g/mol. The minimum absolute atomic E-state index is 0.0587. The van der Waals surface area contributed by atoms with Crippen LogP contribution in [0, 0.1) is 5.41 Å². The lowest BCUT2D eigenvalue weighted by atomic mass is 9.74. The van der Waals surface area contributed by atoms with Crippen molar-refractivity contribution >= 4 is 5.97 Å². The summed E-state index contributed by atoms with van der Waals surface area (Å²) in [6.07, 6.45) is -0.191. The smallest absolute Gasteiger partial charge is 0.319 e. The lowest BCUT2D eigenvalue weighted by Gasteiger charge is -2.44. The number of methoxy groups -OCH3 is 1. The molecule has 0 amide bonds. The van der Waals surface area contributed by atoms with Crippen LogP contribution in [0.3, 0.4) is 0 Å². The molecule has 1 fully saturated rings. The van der Waals surface area contributed by atoms with Crippen LogP contribution in [0.1, 0.15) is 19.8 Å². The van der Waals surface area contributed by atoms with Crippen molar-refractivity contribution in [2.75, 3.05) is 27.2 Å². The van der Waals surface area contributed by atoms with Gasteiger partial charge in [-0.2, -0.15) is 0 Å². The second-order valence-electron chi connectivity index (χ2n) is 4.12. The normalized spacial score (nSPS) is 31.3. The first-order valence-electron chi connectivity index (χ1n) is 5.04. The van der Waals surface area contributed by atoms with Gasteiger partial charge >= 0.3 is 5.97 Å². The Labute approximate surface area is 88.4 Å². The van der Waals surface area contributed by atoms with Crippen molar-refractivity contribution < 1.29 is 18.3 Å². The van der Waals surface area contributed by atoms with Crippen LogP contribution in [0.15, 0.2) is 0 Å². The molecule has 0 spiro atoms. The summed E-state index contributed by atoms with van der Waals surface area (Å²) in [5.41, 5.74) is -1.67. The number of rotatable bonds is 2. The highest BCUT2D eigenvalue weighted by Gasteiger charge is 2.60. The molecule has 1 heterocycles. The van der Waals surface area contributed by atoms with Crippen LogP contribution in [-0.2, 0) is 9.53 Å². The monoisotopic (exact) mass is 221 g/mol. The zero-order valence-electron chi connectivity index (χ0n) is 9.35. The zero-order valence-corrected chi connectivity index (χ0v) is 9.35. The van der Waals surface area contributed by atoms with Gasteiger partial charge in [0.1, 0.15) is 5.41 Å². The molecule has 0 radical (unpaired) electrons. The van der Waals surface area contributed by atoms with E-state index in [9.17, 15) is 13.6 Å². The second-order valence-corrected chi connectivity index (χ2v) is 4.12. The lowest BCUT2D eigenvalue weighted by Crippen LogP contribution is -2.58. The summed E-state index contributed by atoms with van der Waals surface area (Å²) < 4.78 is 32.1. The van der Waals surface area contributed by atoms with Crippen molar-refractivity contribution in [3.63, 3.8) is 0 Å². The highest BCUT2D eigenvalue weighted by molar-refractivity contribution is 5.78. The lowest BCUT2D eigenvalue weighted by molar-refractivity contribution is -0.199. The Balaban J connectivity index is 3.06. The predicted octanol–water partition coefficient (Wildman–Crippen LogP) is 1.53. The first kappa shape index (κ1) is 12.4. The summed E-state index contributed by atoms with van der Waals surface area (Å²) in [7, 11) is 2.90. The van der Waals surface area contributed by atoms with Gasteiger partial charge in [-0.3, -0.25) is 4.79 Å². The maximum absolute atomic E-state index is 13.8. The molecule has 0 saturated carbocycles. The molecule has 88 valence electrons. The molecule has 1 saturated heterocycles. The van der Waals surface area contributed by atoms with Gasteiger partial charge in [0, 0.05) is 19.5 Å². The number of ether oxygens (including phenoxy) is 1. The molecule has 1 atom stereocenters. The molecule has 1 aliphatic heterocycles. The summed E-state index contributed by atoms with van der Waals surface area (Å²) in [4.78, 5) is 13.3. The predicted molar refractivity (Wildman–Crippen MR) is 51.8 cm³/mol. The second kappa shape index (κ2) is 4.04. The number of carbonyl (C=O) groups is 1. The van der Waals surface area contributed by atoms with E-state index < -0.39 is 17.3 Å². The van der Waals surface area contributed by atoms with E-state index in [-0.39, 0.29) is 19.4 Å². The van der Waals surface area contributed by atoms with Gasteiger partial charge in [0.05, 0.1) is 7.11 Å². The molecule has 3 nitrogen and oxygen atoms in total. The minimum atomic E-state index is -2.97. The molecule has 0 aromatic rings. The van der Waals surface area contributed by atoms with Crippen LogP contribution in [0.25, 0.3) is 0 Å². The van der Waals surface area contributed by atoms with E-state index in [1.807, 2.05) is 0 Å². The molecule has 0 aromatic carbocycles.